The molecule has 0 fully saturated rings. The predicted molar refractivity (Wildman–Crippen MR) is 71.4 cm³/mol. The molecule has 0 unspecified atom stereocenters. The number of fused-ring (bicyclic) bond motifs is 1. The number of rotatable bonds is 2. The highest BCUT2D eigenvalue weighted by Gasteiger charge is 2.08. The summed E-state index contributed by atoms with van der Waals surface area (Å²) >= 11 is 3.28. The fraction of sp³-hybridized carbons (Fsp3) is 0.0833. The van der Waals surface area contributed by atoms with Gasteiger partial charge >= 0.3 is 0 Å². The van der Waals surface area contributed by atoms with Crippen molar-refractivity contribution in [2.24, 2.45) is 0 Å². The van der Waals surface area contributed by atoms with Crippen molar-refractivity contribution in [3.63, 3.8) is 0 Å². The molecule has 5 nitrogen and oxygen atoms in total. The normalized spacial score (nSPS) is 11.1. The molecule has 0 bridgehead atoms. The van der Waals surface area contributed by atoms with Crippen LogP contribution < -0.4 is 5.56 Å². The predicted octanol–water partition coefficient (Wildman–Crippen LogP) is 2.07. The molecule has 0 radical (unpaired) electrons. The van der Waals surface area contributed by atoms with Gasteiger partial charge in [-0.1, -0.05) is 6.07 Å². The third-order valence-electron chi connectivity index (χ3n) is 2.65. The summed E-state index contributed by atoms with van der Waals surface area (Å²) in [5, 5.41) is 4.05. The number of hydrogen-bond donors (Lipinski definition) is 1. The van der Waals surface area contributed by atoms with Gasteiger partial charge < -0.3 is 4.98 Å². The number of benzene rings is 1. The highest BCUT2D eigenvalue weighted by Crippen LogP contribution is 2.12. The molecule has 19 heavy (non-hydrogen) atoms. The lowest BCUT2D eigenvalue weighted by atomic mass is 10.2. The van der Waals surface area contributed by atoms with Gasteiger partial charge in [0.2, 0.25) is 0 Å². The zero-order valence-electron chi connectivity index (χ0n) is 9.60. The minimum Gasteiger partial charge on any atom is -0.308 e. The van der Waals surface area contributed by atoms with Crippen molar-refractivity contribution in [3.05, 3.63) is 57.1 Å². The summed E-state index contributed by atoms with van der Waals surface area (Å²) < 4.78 is 16.0. The third-order valence-corrected chi connectivity index (χ3v) is 3.05. The van der Waals surface area contributed by atoms with Crippen molar-refractivity contribution in [3.8, 4) is 0 Å². The minimum atomic E-state index is -0.570. The Morgan fingerprint density at radius 1 is 1.42 bits per heavy atom. The van der Waals surface area contributed by atoms with Crippen LogP contribution in [0.5, 0.6) is 0 Å². The van der Waals surface area contributed by atoms with E-state index in [1.54, 1.807) is 23.1 Å². The standard InChI is InChI=1S/C12H8BrFN4O/c13-7-4-15-18(5-7)6-10-16-9-3-1-2-8(14)11(9)12(19)17-10/h1-5H,6H2,(H,16,17,19). The summed E-state index contributed by atoms with van der Waals surface area (Å²) in [4.78, 5) is 18.6. The van der Waals surface area contributed by atoms with Crippen LogP contribution in [0.2, 0.25) is 0 Å². The van der Waals surface area contributed by atoms with Crippen molar-refractivity contribution in [2.75, 3.05) is 0 Å². The Morgan fingerprint density at radius 2 is 2.26 bits per heavy atom. The van der Waals surface area contributed by atoms with Crippen LogP contribution >= 0.6 is 15.9 Å². The number of hydrogen-bond acceptors (Lipinski definition) is 3. The molecule has 0 amide bonds. The van der Waals surface area contributed by atoms with Crippen molar-refractivity contribution < 1.29 is 4.39 Å². The Balaban J connectivity index is 2.09. The first-order valence-corrected chi connectivity index (χ1v) is 6.28. The van der Waals surface area contributed by atoms with Crippen LogP contribution in [0.3, 0.4) is 0 Å². The molecule has 0 atom stereocenters. The lowest BCUT2D eigenvalue weighted by molar-refractivity contribution is 0.634. The van der Waals surface area contributed by atoms with Gasteiger partial charge in [-0.3, -0.25) is 9.48 Å². The van der Waals surface area contributed by atoms with E-state index >= 15 is 0 Å². The van der Waals surface area contributed by atoms with Crippen molar-refractivity contribution >= 4 is 26.8 Å². The topological polar surface area (TPSA) is 63.6 Å². The van der Waals surface area contributed by atoms with E-state index in [-0.39, 0.29) is 5.39 Å². The van der Waals surface area contributed by atoms with Crippen molar-refractivity contribution in [1.29, 1.82) is 0 Å². The van der Waals surface area contributed by atoms with Crippen molar-refractivity contribution in [1.82, 2.24) is 19.7 Å². The van der Waals surface area contributed by atoms with Crippen molar-refractivity contribution in [2.45, 2.75) is 6.54 Å². The summed E-state index contributed by atoms with van der Waals surface area (Å²) in [7, 11) is 0. The van der Waals surface area contributed by atoms with Gasteiger partial charge in [-0.2, -0.15) is 5.10 Å². The van der Waals surface area contributed by atoms with E-state index in [2.05, 4.69) is 31.0 Å². The summed E-state index contributed by atoms with van der Waals surface area (Å²) in [5.41, 5.74) is -0.144. The van der Waals surface area contributed by atoms with E-state index in [0.717, 1.165) is 4.47 Å². The summed E-state index contributed by atoms with van der Waals surface area (Å²) in [5.74, 6) is -0.140. The highest BCUT2D eigenvalue weighted by atomic mass is 79.9. The molecule has 0 aliphatic carbocycles. The maximum absolute atomic E-state index is 13.5. The number of nitrogens with one attached hydrogen (secondary N) is 1. The van der Waals surface area contributed by atoms with Gasteiger partial charge in [0, 0.05) is 6.20 Å². The van der Waals surface area contributed by atoms with Crippen LogP contribution in [-0.2, 0) is 6.54 Å². The average molecular weight is 323 g/mol. The molecule has 0 aliphatic rings. The van der Waals surface area contributed by atoms with Crippen LogP contribution in [0.15, 0.2) is 39.9 Å². The Bertz CT molecular complexity index is 811. The SMILES string of the molecule is O=c1[nH]c(Cn2cc(Br)cn2)nc2cccc(F)c12. The Morgan fingerprint density at radius 3 is 3.00 bits per heavy atom. The number of aromatic nitrogens is 4. The van der Waals surface area contributed by atoms with Gasteiger partial charge in [-0.05, 0) is 28.1 Å². The molecular formula is C12H8BrFN4O. The lowest BCUT2D eigenvalue weighted by Gasteiger charge is -2.03. The summed E-state index contributed by atoms with van der Waals surface area (Å²) in [6.45, 7) is 0.313. The molecule has 0 saturated carbocycles. The van der Waals surface area contributed by atoms with E-state index < -0.39 is 11.4 Å². The molecule has 3 aromatic rings. The molecule has 3 rings (SSSR count). The maximum atomic E-state index is 13.5. The quantitative estimate of drug-likeness (QED) is 0.785. The van der Waals surface area contributed by atoms with Gasteiger partial charge in [0.1, 0.15) is 17.0 Å². The number of nitrogens with zero attached hydrogens (tertiary/aromatic N) is 3. The number of aromatic amines is 1. The molecule has 1 N–H and O–H groups in total. The fourth-order valence-corrected chi connectivity index (χ4v) is 2.18. The van der Waals surface area contributed by atoms with Crippen LogP contribution in [0, 0.1) is 5.82 Å². The first kappa shape index (κ1) is 12.0. The number of halogens is 2. The Kier molecular flexibility index (Phi) is 2.90. The Hall–Kier alpha value is -2.02. The monoisotopic (exact) mass is 322 g/mol. The van der Waals surface area contributed by atoms with E-state index in [1.165, 1.54) is 12.1 Å². The van der Waals surface area contributed by atoms with Gasteiger partial charge in [0.25, 0.3) is 5.56 Å². The highest BCUT2D eigenvalue weighted by molar-refractivity contribution is 9.10. The van der Waals surface area contributed by atoms with Gasteiger partial charge in [-0.25, -0.2) is 9.37 Å². The molecule has 2 heterocycles. The zero-order chi connectivity index (χ0) is 13.4. The smallest absolute Gasteiger partial charge is 0.261 e. The second kappa shape index (κ2) is 4.58. The van der Waals surface area contributed by atoms with Crippen LogP contribution in [0.25, 0.3) is 10.9 Å². The van der Waals surface area contributed by atoms with Crippen LogP contribution in [-0.4, -0.2) is 19.7 Å². The molecule has 1 aromatic carbocycles. The minimum absolute atomic E-state index is 0.0205. The average Bonchev–Trinajstić information content (AvgIpc) is 2.74. The molecule has 2 aromatic heterocycles. The van der Waals surface area contributed by atoms with E-state index in [1.807, 2.05) is 0 Å². The maximum Gasteiger partial charge on any atom is 0.261 e. The lowest BCUT2D eigenvalue weighted by Crippen LogP contribution is -2.15. The van der Waals surface area contributed by atoms with Gasteiger partial charge in [-0.15, -0.1) is 0 Å². The van der Waals surface area contributed by atoms with Gasteiger partial charge in [0.05, 0.1) is 22.7 Å². The number of H-pyrrole nitrogens is 1. The first-order valence-electron chi connectivity index (χ1n) is 5.49. The summed E-state index contributed by atoms with van der Waals surface area (Å²) in [6.07, 6.45) is 3.40. The zero-order valence-corrected chi connectivity index (χ0v) is 11.2. The second-order valence-electron chi connectivity index (χ2n) is 4.00. The van der Waals surface area contributed by atoms with E-state index in [4.69, 9.17) is 0 Å². The fourth-order valence-electron chi connectivity index (χ4n) is 1.85. The largest absolute Gasteiger partial charge is 0.308 e. The molecule has 0 spiro atoms. The van der Waals surface area contributed by atoms with Gasteiger partial charge in [0.15, 0.2) is 0 Å². The Labute approximate surface area is 115 Å². The molecule has 7 heteroatoms. The molecule has 0 aliphatic heterocycles. The summed E-state index contributed by atoms with van der Waals surface area (Å²) in [6, 6.07) is 4.37. The van der Waals surface area contributed by atoms with E-state index in [0.29, 0.717) is 17.9 Å². The van der Waals surface area contributed by atoms with E-state index in [9.17, 15) is 9.18 Å². The van der Waals surface area contributed by atoms with Crippen LogP contribution in [0.1, 0.15) is 5.82 Å². The second-order valence-corrected chi connectivity index (χ2v) is 4.92. The first-order chi connectivity index (χ1) is 9.13. The molecular weight excluding hydrogens is 315 g/mol. The van der Waals surface area contributed by atoms with Crippen LogP contribution in [0.4, 0.5) is 4.39 Å². The molecule has 0 saturated heterocycles. The molecule has 96 valence electrons. The third kappa shape index (κ3) is 2.28.